The molecule has 8 nitrogen and oxygen atoms in total. The van der Waals surface area contributed by atoms with E-state index in [0.29, 0.717) is 18.5 Å². The summed E-state index contributed by atoms with van der Waals surface area (Å²) < 4.78 is 16.8. The topological polar surface area (TPSA) is 117 Å². The van der Waals surface area contributed by atoms with E-state index in [-0.39, 0.29) is 18.3 Å². The molecule has 0 amide bonds. The molecule has 2 aromatic carbocycles. The van der Waals surface area contributed by atoms with Crippen LogP contribution in [0.5, 0.6) is 0 Å². The number of aromatic nitrogens is 2. The standard InChI is InChI=1S/C18H20N2O2.C13H17NO3S/c1-18(2)10-21-16(22-11-18)9-15-17-13(7-8-19-15)12-5-3-4-6-14(12)20-17;1-18-9-11(7-15)12(14)13(16)17-8-10-5-3-2-4-6-10/h3-8,16,20H,9-11H2,1-2H3;2-7,11-12H,8-9,14H2,1H3. The molecule has 0 radical (unpaired) electrons. The van der Waals surface area contributed by atoms with Crippen LogP contribution in [0, 0.1) is 11.3 Å². The number of nitrogens with one attached hydrogen (secondary N) is 1. The number of thioether (sulfide) groups is 1. The highest BCUT2D eigenvalue weighted by molar-refractivity contribution is 7.98. The highest BCUT2D eigenvalue weighted by Crippen LogP contribution is 2.29. The Morgan fingerprint density at radius 3 is 2.52 bits per heavy atom. The minimum Gasteiger partial charge on any atom is -0.460 e. The molecule has 2 atom stereocenters. The van der Waals surface area contributed by atoms with Crippen molar-refractivity contribution >= 4 is 45.8 Å². The van der Waals surface area contributed by atoms with Gasteiger partial charge in [0.25, 0.3) is 0 Å². The van der Waals surface area contributed by atoms with Crippen molar-refractivity contribution in [2.45, 2.75) is 39.2 Å². The number of aromatic amines is 1. The number of para-hydroxylation sites is 1. The van der Waals surface area contributed by atoms with Gasteiger partial charge in [-0.2, -0.15) is 11.8 Å². The highest BCUT2D eigenvalue weighted by Gasteiger charge is 2.29. The Balaban J connectivity index is 0.000000190. The fourth-order valence-electron chi connectivity index (χ4n) is 4.41. The third-order valence-electron chi connectivity index (χ3n) is 6.68. The smallest absolute Gasteiger partial charge is 0.324 e. The summed E-state index contributed by atoms with van der Waals surface area (Å²) in [6.07, 6.45) is 4.89. The van der Waals surface area contributed by atoms with E-state index in [1.54, 1.807) is 0 Å². The molecule has 1 aliphatic rings. The molecule has 2 aromatic heterocycles. The van der Waals surface area contributed by atoms with Crippen molar-refractivity contribution in [3.8, 4) is 0 Å². The molecule has 4 aromatic rings. The van der Waals surface area contributed by atoms with Crippen LogP contribution < -0.4 is 5.73 Å². The van der Waals surface area contributed by atoms with E-state index in [4.69, 9.17) is 19.9 Å². The lowest BCUT2D eigenvalue weighted by Gasteiger charge is -2.34. The summed E-state index contributed by atoms with van der Waals surface area (Å²) in [5.74, 6) is -0.515. The molecule has 3 heterocycles. The number of aldehydes is 1. The highest BCUT2D eigenvalue weighted by atomic mass is 32.2. The van der Waals surface area contributed by atoms with Crippen LogP contribution in [0.25, 0.3) is 21.8 Å². The summed E-state index contributed by atoms with van der Waals surface area (Å²) in [6.45, 7) is 5.93. The zero-order valence-corrected chi connectivity index (χ0v) is 24.0. The van der Waals surface area contributed by atoms with Crippen LogP contribution in [0.3, 0.4) is 0 Å². The van der Waals surface area contributed by atoms with Crippen LogP contribution in [0.2, 0.25) is 0 Å². The number of benzene rings is 2. The normalized spacial score (nSPS) is 16.6. The Labute approximate surface area is 239 Å². The van der Waals surface area contributed by atoms with E-state index >= 15 is 0 Å². The lowest BCUT2D eigenvalue weighted by Crippen LogP contribution is -2.41. The van der Waals surface area contributed by atoms with Crippen molar-refractivity contribution in [3.63, 3.8) is 0 Å². The monoisotopic (exact) mass is 563 g/mol. The molecular formula is C31H37N3O5S. The van der Waals surface area contributed by atoms with Crippen LogP contribution in [0.4, 0.5) is 0 Å². The van der Waals surface area contributed by atoms with Gasteiger partial charge in [-0.3, -0.25) is 9.78 Å². The average molecular weight is 564 g/mol. The molecule has 1 fully saturated rings. The Hall–Kier alpha value is -3.24. The van der Waals surface area contributed by atoms with E-state index in [9.17, 15) is 9.59 Å². The minimum atomic E-state index is -0.890. The van der Waals surface area contributed by atoms with Gasteiger partial charge in [0.05, 0.1) is 24.4 Å². The second-order valence-electron chi connectivity index (χ2n) is 10.6. The molecule has 0 aliphatic carbocycles. The molecular weight excluding hydrogens is 526 g/mol. The largest absolute Gasteiger partial charge is 0.460 e. The van der Waals surface area contributed by atoms with Gasteiger partial charge in [0, 0.05) is 46.0 Å². The maximum atomic E-state index is 11.7. The number of esters is 1. The number of nitrogens with zero attached hydrogens (tertiary/aromatic N) is 1. The van der Waals surface area contributed by atoms with Gasteiger partial charge >= 0.3 is 5.97 Å². The molecule has 0 spiro atoms. The third-order valence-corrected chi connectivity index (χ3v) is 7.40. The molecule has 1 aliphatic heterocycles. The summed E-state index contributed by atoms with van der Waals surface area (Å²) in [5.41, 5.74) is 9.91. The second-order valence-corrected chi connectivity index (χ2v) is 11.6. The van der Waals surface area contributed by atoms with E-state index in [2.05, 4.69) is 48.1 Å². The first kappa shape index (κ1) is 29.7. The molecule has 0 saturated carbocycles. The number of H-pyrrole nitrogens is 1. The van der Waals surface area contributed by atoms with Crippen molar-refractivity contribution in [1.82, 2.24) is 9.97 Å². The van der Waals surface area contributed by atoms with Crippen molar-refractivity contribution in [1.29, 1.82) is 0 Å². The number of rotatable bonds is 9. The van der Waals surface area contributed by atoms with E-state index in [1.807, 2.05) is 48.9 Å². The van der Waals surface area contributed by atoms with Crippen LogP contribution in [0.15, 0.2) is 66.9 Å². The SMILES string of the molecule is CC1(C)COC(Cc2nccc3c2[nH]c2ccccc23)OC1.CSCC(C=O)C(N)C(=O)OCc1ccccc1. The maximum absolute atomic E-state index is 11.7. The first-order valence-corrected chi connectivity index (χ1v) is 14.7. The average Bonchev–Trinajstić information content (AvgIpc) is 3.36. The predicted octanol–water partition coefficient (Wildman–Crippen LogP) is 4.89. The number of ether oxygens (including phenoxy) is 3. The van der Waals surface area contributed by atoms with Gasteiger partial charge in [-0.15, -0.1) is 0 Å². The van der Waals surface area contributed by atoms with Crippen molar-refractivity contribution < 1.29 is 23.8 Å². The van der Waals surface area contributed by atoms with Crippen LogP contribution in [-0.2, 0) is 36.8 Å². The first-order chi connectivity index (χ1) is 19.3. The molecule has 2 unspecified atom stereocenters. The summed E-state index contributed by atoms with van der Waals surface area (Å²) in [4.78, 5) is 30.5. The maximum Gasteiger partial charge on any atom is 0.324 e. The van der Waals surface area contributed by atoms with Gasteiger partial charge < -0.3 is 29.7 Å². The van der Waals surface area contributed by atoms with Gasteiger partial charge in [-0.25, -0.2) is 0 Å². The summed E-state index contributed by atoms with van der Waals surface area (Å²) in [5, 5.41) is 2.43. The fraction of sp³-hybridized carbons (Fsp3) is 0.387. The molecule has 212 valence electrons. The molecule has 5 rings (SSSR count). The molecule has 40 heavy (non-hydrogen) atoms. The van der Waals surface area contributed by atoms with Crippen molar-refractivity contribution in [2.24, 2.45) is 17.1 Å². The van der Waals surface area contributed by atoms with Gasteiger partial charge in [0.15, 0.2) is 6.29 Å². The summed E-state index contributed by atoms with van der Waals surface area (Å²) in [6, 6.07) is 18.8. The van der Waals surface area contributed by atoms with E-state index in [0.717, 1.165) is 35.5 Å². The van der Waals surface area contributed by atoms with E-state index in [1.165, 1.54) is 22.5 Å². The van der Waals surface area contributed by atoms with Gasteiger partial charge in [-0.05, 0) is 24.0 Å². The minimum absolute atomic E-state index is 0.0943. The van der Waals surface area contributed by atoms with Crippen LogP contribution >= 0.6 is 11.8 Å². The van der Waals surface area contributed by atoms with Crippen molar-refractivity contribution in [2.75, 3.05) is 25.2 Å². The zero-order valence-electron chi connectivity index (χ0n) is 23.2. The number of hydrogen-bond acceptors (Lipinski definition) is 8. The van der Waals surface area contributed by atoms with Gasteiger partial charge in [-0.1, -0.05) is 62.4 Å². The van der Waals surface area contributed by atoms with Crippen LogP contribution in [-0.4, -0.2) is 59.8 Å². The zero-order chi connectivity index (χ0) is 28.5. The Morgan fingerprint density at radius 1 is 1.12 bits per heavy atom. The second kappa shape index (κ2) is 13.9. The van der Waals surface area contributed by atoms with E-state index < -0.39 is 17.9 Å². The lowest BCUT2D eigenvalue weighted by molar-refractivity contribution is -0.220. The van der Waals surface area contributed by atoms with Gasteiger partial charge in [0.2, 0.25) is 0 Å². The predicted molar refractivity (Wildman–Crippen MR) is 159 cm³/mol. The Kier molecular flexibility index (Phi) is 10.3. The molecule has 3 N–H and O–H groups in total. The number of hydrogen-bond donors (Lipinski definition) is 2. The summed E-state index contributed by atoms with van der Waals surface area (Å²) in [7, 11) is 0. The lowest BCUT2D eigenvalue weighted by atomic mass is 9.95. The number of pyridine rings is 1. The molecule has 9 heteroatoms. The number of fused-ring (bicyclic) bond motifs is 3. The Bertz CT molecular complexity index is 1400. The third kappa shape index (κ3) is 7.69. The first-order valence-electron chi connectivity index (χ1n) is 13.3. The fourth-order valence-corrected chi connectivity index (χ4v) is 5.08. The Morgan fingerprint density at radius 2 is 1.82 bits per heavy atom. The number of carbonyl (C=O) groups excluding carboxylic acids is 2. The summed E-state index contributed by atoms with van der Waals surface area (Å²) >= 11 is 1.48. The van der Waals surface area contributed by atoms with Crippen LogP contribution in [0.1, 0.15) is 25.1 Å². The molecule has 1 saturated heterocycles. The quantitative estimate of drug-likeness (QED) is 0.218. The number of carbonyl (C=O) groups is 2. The number of nitrogens with two attached hydrogens (primary N) is 1. The van der Waals surface area contributed by atoms with Gasteiger partial charge in [0.1, 0.15) is 18.9 Å². The van der Waals surface area contributed by atoms with Crippen molar-refractivity contribution in [3.05, 3.63) is 78.1 Å². The molecule has 0 bridgehead atoms.